The second-order valence-corrected chi connectivity index (χ2v) is 5.14. The monoisotopic (exact) mass is 303 g/mol. The fraction of sp³-hybridized carbons (Fsp3) is 0.0556. The van der Waals surface area contributed by atoms with E-state index in [0.29, 0.717) is 16.5 Å². The van der Waals surface area contributed by atoms with Crippen molar-refractivity contribution in [2.24, 2.45) is 0 Å². The highest BCUT2D eigenvalue weighted by atomic mass is 16.3. The summed E-state index contributed by atoms with van der Waals surface area (Å²) in [6.45, 7) is 1.89. The van der Waals surface area contributed by atoms with Crippen LogP contribution in [0.4, 0.5) is 0 Å². The zero-order chi connectivity index (χ0) is 16.4. The summed E-state index contributed by atoms with van der Waals surface area (Å²) in [5, 5.41) is 20.3. The minimum atomic E-state index is -0.351. The summed E-state index contributed by atoms with van der Waals surface area (Å²) in [6.07, 6.45) is 0. The molecular formula is C18H13N3O2. The summed E-state index contributed by atoms with van der Waals surface area (Å²) in [7, 11) is 0. The van der Waals surface area contributed by atoms with Crippen LogP contribution in [0.5, 0.6) is 0 Å². The van der Waals surface area contributed by atoms with Crippen molar-refractivity contribution in [1.82, 2.24) is 9.97 Å². The fourth-order valence-corrected chi connectivity index (χ4v) is 2.36. The molecule has 1 aromatic heterocycles. The van der Waals surface area contributed by atoms with Gasteiger partial charge in [-0.05, 0) is 25.1 Å². The molecule has 3 aromatic rings. The Morgan fingerprint density at radius 2 is 2.00 bits per heavy atom. The quantitative estimate of drug-likeness (QED) is 0.562. The lowest BCUT2D eigenvalue weighted by Gasteiger charge is -2.06. The first-order chi connectivity index (χ1) is 11.1. The SMILES string of the molecule is Cc1cccc(C(O)=C(C#N)c2nc3ccccc3c(=O)[nH]2)c1. The number of nitrogens with zero attached hydrogens (tertiary/aromatic N) is 2. The number of fused-ring (bicyclic) bond motifs is 1. The molecule has 0 saturated heterocycles. The number of rotatable bonds is 2. The van der Waals surface area contributed by atoms with E-state index in [1.807, 2.05) is 19.1 Å². The van der Waals surface area contributed by atoms with Crippen molar-refractivity contribution in [3.05, 3.63) is 75.8 Å². The number of benzene rings is 2. The minimum absolute atomic E-state index is 0.0511. The van der Waals surface area contributed by atoms with E-state index in [2.05, 4.69) is 9.97 Å². The molecule has 0 amide bonds. The summed E-state index contributed by atoms with van der Waals surface area (Å²) in [6, 6.07) is 15.9. The highest BCUT2D eigenvalue weighted by Crippen LogP contribution is 2.22. The molecule has 1 heterocycles. The molecule has 0 radical (unpaired) electrons. The van der Waals surface area contributed by atoms with Crippen LogP contribution in [0.1, 0.15) is 17.0 Å². The summed E-state index contributed by atoms with van der Waals surface area (Å²) < 4.78 is 0. The Balaban J connectivity index is 2.24. The predicted octanol–water partition coefficient (Wildman–Crippen LogP) is 3.18. The van der Waals surface area contributed by atoms with Crippen molar-refractivity contribution < 1.29 is 5.11 Å². The number of aliphatic hydroxyl groups is 1. The van der Waals surface area contributed by atoms with E-state index in [4.69, 9.17) is 0 Å². The first kappa shape index (κ1) is 14.5. The Hall–Kier alpha value is -3.39. The predicted molar refractivity (Wildman–Crippen MR) is 88.6 cm³/mol. The van der Waals surface area contributed by atoms with Crippen LogP contribution in [0, 0.1) is 18.3 Å². The Labute approximate surface area is 132 Å². The molecule has 5 heteroatoms. The number of para-hydroxylation sites is 1. The van der Waals surface area contributed by atoms with Gasteiger partial charge in [-0.25, -0.2) is 4.98 Å². The Morgan fingerprint density at radius 3 is 2.74 bits per heavy atom. The van der Waals surface area contributed by atoms with Crippen molar-refractivity contribution in [3.63, 3.8) is 0 Å². The molecule has 0 aliphatic carbocycles. The van der Waals surface area contributed by atoms with Gasteiger partial charge < -0.3 is 10.1 Å². The van der Waals surface area contributed by atoms with E-state index < -0.39 is 0 Å². The number of aromatic nitrogens is 2. The number of H-pyrrole nitrogens is 1. The van der Waals surface area contributed by atoms with E-state index in [9.17, 15) is 15.2 Å². The van der Waals surface area contributed by atoms with Crippen molar-refractivity contribution in [1.29, 1.82) is 5.26 Å². The number of aryl methyl sites for hydroxylation is 1. The third-order valence-corrected chi connectivity index (χ3v) is 3.49. The van der Waals surface area contributed by atoms with Crippen molar-refractivity contribution in [2.75, 3.05) is 0 Å². The van der Waals surface area contributed by atoms with Gasteiger partial charge in [0.1, 0.15) is 17.4 Å². The molecule has 0 spiro atoms. The molecule has 0 atom stereocenters. The number of aliphatic hydroxyl groups excluding tert-OH is 1. The van der Waals surface area contributed by atoms with Crippen LogP contribution in [-0.2, 0) is 0 Å². The molecule has 0 saturated carbocycles. The molecular weight excluding hydrogens is 290 g/mol. The fourth-order valence-electron chi connectivity index (χ4n) is 2.36. The van der Waals surface area contributed by atoms with Crippen LogP contribution in [-0.4, -0.2) is 15.1 Å². The van der Waals surface area contributed by atoms with E-state index in [1.165, 1.54) is 0 Å². The first-order valence-corrected chi connectivity index (χ1v) is 7.00. The lowest BCUT2D eigenvalue weighted by atomic mass is 10.1. The van der Waals surface area contributed by atoms with Crippen LogP contribution >= 0.6 is 0 Å². The number of hydrogen-bond acceptors (Lipinski definition) is 4. The normalized spacial score (nSPS) is 11.8. The standard InChI is InChI=1S/C18H13N3O2/c1-11-5-4-6-12(9-11)16(22)14(10-19)17-20-15-8-3-2-7-13(15)18(23)21-17/h2-9,22H,1H3,(H,20,21,23). The molecule has 0 bridgehead atoms. The minimum Gasteiger partial charge on any atom is -0.506 e. The molecule has 23 heavy (non-hydrogen) atoms. The summed E-state index contributed by atoms with van der Waals surface area (Å²) in [5.41, 5.74) is 1.49. The Morgan fingerprint density at radius 1 is 1.22 bits per heavy atom. The number of nitrogens with one attached hydrogen (secondary N) is 1. The lowest BCUT2D eigenvalue weighted by molar-refractivity contribution is 0.513. The van der Waals surface area contributed by atoms with Crippen molar-refractivity contribution in [3.8, 4) is 6.07 Å². The first-order valence-electron chi connectivity index (χ1n) is 7.00. The molecule has 0 aliphatic rings. The number of nitriles is 1. The van der Waals surface area contributed by atoms with Crippen molar-refractivity contribution in [2.45, 2.75) is 6.92 Å². The van der Waals surface area contributed by atoms with Crippen LogP contribution in [0.3, 0.4) is 0 Å². The van der Waals surface area contributed by atoms with Gasteiger partial charge in [0.05, 0.1) is 10.9 Å². The number of aromatic amines is 1. The van der Waals surface area contributed by atoms with Gasteiger partial charge in [0, 0.05) is 5.56 Å². The van der Waals surface area contributed by atoms with Gasteiger partial charge in [-0.3, -0.25) is 4.79 Å². The maximum atomic E-state index is 12.1. The van der Waals surface area contributed by atoms with Crippen molar-refractivity contribution >= 4 is 22.2 Å². The van der Waals surface area contributed by atoms with Gasteiger partial charge in [-0.1, -0.05) is 35.9 Å². The van der Waals surface area contributed by atoms with Crippen LogP contribution < -0.4 is 5.56 Å². The van der Waals surface area contributed by atoms with Crippen LogP contribution in [0.2, 0.25) is 0 Å². The zero-order valence-electron chi connectivity index (χ0n) is 12.4. The van der Waals surface area contributed by atoms with Gasteiger partial charge >= 0.3 is 0 Å². The van der Waals surface area contributed by atoms with Gasteiger partial charge in [0.2, 0.25) is 0 Å². The maximum Gasteiger partial charge on any atom is 0.259 e. The molecule has 5 nitrogen and oxygen atoms in total. The van der Waals surface area contributed by atoms with Crippen LogP contribution in [0.15, 0.2) is 53.3 Å². The van der Waals surface area contributed by atoms with Gasteiger partial charge in [0.15, 0.2) is 5.82 Å². The Bertz CT molecular complexity index is 1030. The molecule has 112 valence electrons. The largest absolute Gasteiger partial charge is 0.506 e. The van der Waals surface area contributed by atoms with Gasteiger partial charge in [-0.2, -0.15) is 5.26 Å². The average Bonchev–Trinajstić information content (AvgIpc) is 2.55. The number of hydrogen-bond donors (Lipinski definition) is 2. The molecule has 0 fully saturated rings. The van der Waals surface area contributed by atoms with Gasteiger partial charge in [-0.15, -0.1) is 0 Å². The number of allylic oxidation sites excluding steroid dienone is 1. The van der Waals surface area contributed by atoms with E-state index >= 15 is 0 Å². The second-order valence-electron chi connectivity index (χ2n) is 5.14. The Kier molecular flexibility index (Phi) is 3.65. The summed E-state index contributed by atoms with van der Waals surface area (Å²) in [4.78, 5) is 19.0. The third-order valence-electron chi connectivity index (χ3n) is 3.49. The molecule has 2 N–H and O–H groups in total. The molecule has 0 unspecified atom stereocenters. The molecule has 2 aromatic carbocycles. The smallest absolute Gasteiger partial charge is 0.259 e. The van der Waals surface area contributed by atoms with Gasteiger partial charge in [0.25, 0.3) is 5.56 Å². The second kappa shape index (κ2) is 5.78. The molecule has 3 rings (SSSR count). The summed E-state index contributed by atoms with van der Waals surface area (Å²) in [5.74, 6) is -0.162. The maximum absolute atomic E-state index is 12.1. The van der Waals surface area contributed by atoms with E-state index in [0.717, 1.165) is 5.56 Å². The lowest BCUT2D eigenvalue weighted by Crippen LogP contribution is -2.11. The zero-order valence-corrected chi connectivity index (χ0v) is 12.4. The summed E-state index contributed by atoms with van der Waals surface area (Å²) >= 11 is 0. The highest BCUT2D eigenvalue weighted by Gasteiger charge is 2.14. The average molecular weight is 303 g/mol. The van der Waals surface area contributed by atoms with E-state index in [1.54, 1.807) is 42.5 Å². The highest BCUT2D eigenvalue weighted by molar-refractivity contribution is 5.93. The third kappa shape index (κ3) is 2.70. The topological polar surface area (TPSA) is 89.8 Å². The van der Waals surface area contributed by atoms with E-state index in [-0.39, 0.29) is 22.7 Å². The van der Waals surface area contributed by atoms with Crippen LogP contribution in [0.25, 0.3) is 22.2 Å². The molecule has 0 aliphatic heterocycles.